The lowest BCUT2D eigenvalue weighted by molar-refractivity contribution is 0.249. The van der Waals surface area contributed by atoms with E-state index in [1.807, 2.05) is 24.3 Å². The summed E-state index contributed by atoms with van der Waals surface area (Å²) in [6.45, 7) is 0. The maximum absolute atomic E-state index is 7.46. The van der Waals surface area contributed by atoms with Gasteiger partial charge in [-0.05, 0) is 11.6 Å². The van der Waals surface area contributed by atoms with Gasteiger partial charge in [0.2, 0.25) is 5.90 Å². The summed E-state index contributed by atoms with van der Waals surface area (Å²) < 4.78 is 10.3. The topological polar surface area (TPSA) is 42.3 Å². The molecule has 1 atom stereocenters. The van der Waals surface area contributed by atoms with Crippen LogP contribution in [0.3, 0.4) is 0 Å². The molecule has 1 N–H and O–H groups in total. The van der Waals surface area contributed by atoms with Crippen molar-refractivity contribution in [2.45, 2.75) is 12.5 Å². The summed E-state index contributed by atoms with van der Waals surface area (Å²) in [5, 5.41) is 7.46. The minimum absolute atomic E-state index is 0.191. The number of nitrogens with one attached hydrogen (secondary N) is 1. The van der Waals surface area contributed by atoms with E-state index in [9.17, 15) is 0 Å². The molecule has 68 valence electrons. The average molecular weight is 177 g/mol. The summed E-state index contributed by atoms with van der Waals surface area (Å²) in [7, 11) is 1.49. The fourth-order valence-corrected chi connectivity index (χ4v) is 1.46. The van der Waals surface area contributed by atoms with E-state index in [0.29, 0.717) is 0 Å². The smallest absolute Gasteiger partial charge is 0.222 e. The quantitative estimate of drug-likeness (QED) is 0.523. The van der Waals surface area contributed by atoms with Crippen LogP contribution in [0.5, 0.6) is 5.75 Å². The number of ether oxygens (including phenoxy) is 2. The Labute approximate surface area is 76.8 Å². The lowest BCUT2D eigenvalue weighted by atomic mass is 10.1. The Kier molecular flexibility index (Phi) is 1.93. The van der Waals surface area contributed by atoms with Crippen LogP contribution in [-0.4, -0.2) is 19.1 Å². The van der Waals surface area contributed by atoms with Crippen LogP contribution in [-0.2, 0) is 11.2 Å². The van der Waals surface area contributed by atoms with Gasteiger partial charge in [0.1, 0.15) is 5.75 Å². The van der Waals surface area contributed by atoms with Gasteiger partial charge in [-0.1, -0.05) is 18.2 Å². The van der Waals surface area contributed by atoms with Crippen LogP contribution in [0.15, 0.2) is 24.3 Å². The van der Waals surface area contributed by atoms with E-state index in [4.69, 9.17) is 14.9 Å². The molecule has 1 unspecified atom stereocenters. The third-order valence-corrected chi connectivity index (χ3v) is 2.16. The molecule has 0 bridgehead atoms. The molecule has 3 nitrogen and oxygen atoms in total. The van der Waals surface area contributed by atoms with Crippen LogP contribution < -0.4 is 4.74 Å². The fourth-order valence-electron chi connectivity index (χ4n) is 1.46. The molecular formula is C10H11NO2. The molecule has 1 aliphatic heterocycles. The van der Waals surface area contributed by atoms with E-state index >= 15 is 0 Å². The first kappa shape index (κ1) is 8.10. The summed E-state index contributed by atoms with van der Waals surface area (Å²) in [4.78, 5) is 0. The number of hydrogen-bond donors (Lipinski definition) is 1. The molecule has 1 aromatic carbocycles. The van der Waals surface area contributed by atoms with Crippen molar-refractivity contribution in [3.63, 3.8) is 0 Å². The van der Waals surface area contributed by atoms with E-state index in [2.05, 4.69) is 0 Å². The first-order valence-corrected chi connectivity index (χ1v) is 4.18. The molecule has 0 aromatic heterocycles. The molecule has 0 aliphatic carbocycles. The van der Waals surface area contributed by atoms with Crippen LogP contribution in [0, 0.1) is 5.41 Å². The fraction of sp³-hybridized carbons (Fsp3) is 0.300. The lowest BCUT2D eigenvalue weighted by Gasteiger charge is -2.09. The monoisotopic (exact) mass is 177 g/mol. The second kappa shape index (κ2) is 3.09. The normalized spacial score (nSPS) is 19.0. The Morgan fingerprint density at radius 3 is 3.00 bits per heavy atom. The van der Waals surface area contributed by atoms with Crippen LogP contribution in [0.4, 0.5) is 0 Å². The van der Waals surface area contributed by atoms with Gasteiger partial charge in [0, 0.05) is 6.42 Å². The van der Waals surface area contributed by atoms with E-state index in [0.717, 1.165) is 17.7 Å². The van der Waals surface area contributed by atoms with Crippen molar-refractivity contribution in [1.82, 2.24) is 0 Å². The van der Waals surface area contributed by atoms with Crippen LogP contribution in [0.25, 0.3) is 0 Å². The number of benzene rings is 1. The van der Waals surface area contributed by atoms with Gasteiger partial charge in [-0.15, -0.1) is 0 Å². The van der Waals surface area contributed by atoms with Gasteiger partial charge in [0.05, 0.1) is 7.11 Å². The van der Waals surface area contributed by atoms with E-state index in [1.54, 1.807) is 0 Å². The van der Waals surface area contributed by atoms with Gasteiger partial charge in [0.15, 0.2) is 6.10 Å². The minimum Gasteiger partial charge on any atom is -0.482 e. The summed E-state index contributed by atoms with van der Waals surface area (Å²) in [6, 6.07) is 7.83. The number of fused-ring (bicyclic) bond motifs is 1. The molecule has 1 heterocycles. The Hall–Kier alpha value is -1.51. The largest absolute Gasteiger partial charge is 0.482 e. The standard InChI is InChI=1S/C10H11NO2/c1-12-10(11)9-6-7-4-2-3-5-8(7)13-9/h2-5,9,11H,6H2,1H3. The van der Waals surface area contributed by atoms with Crippen molar-refractivity contribution < 1.29 is 9.47 Å². The summed E-state index contributed by atoms with van der Waals surface area (Å²) >= 11 is 0. The molecule has 0 spiro atoms. The number of para-hydroxylation sites is 1. The van der Waals surface area contributed by atoms with Gasteiger partial charge < -0.3 is 9.47 Å². The predicted molar refractivity (Wildman–Crippen MR) is 49.3 cm³/mol. The highest BCUT2D eigenvalue weighted by molar-refractivity contribution is 5.79. The maximum atomic E-state index is 7.46. The number of rotatable bonds is 1. The number of hydrogen-bond acceptors (Lipinski definition) is 3. The zero-order valence-electron chi connectivity index (χ0n) is 7.41. The van der Waals surface area contributed by atoms with Gasteiger partial charge in [0.25, 0.3) is 0 Å². The van der Waals surface area contributed by atoms with Crippen molar-refractivity contribution in [1.29, 1.82) is 5.41 Å². The Bertz CT molecular complexity index is 310. The van der Waals surface area contributed by atoms with Crippen LogP contribution in [0.2, 0.25) is 0 Å². The first-order chi connectivity index (χ1) is 6.31. The molecule has 0 amide bonds. The number of methoxy groups -OCH3 is 1. The second-order valence-corrected chi connectivity index (χ2v) is 2.99. The van der Waals surface area contributed by atoms with Gasteiger partial charge in [-0.2, -0.15) is 0 Å². The summed E-state index contributed by atoms with van der Waals surface area (Å²) in [6.07, 6.45) is 0.505. The molecule has 0 radical (unpaired) electrons. The molecule has 0 saturated carbocycles. The highest BCUT2D eigenvalue weighted by atomic mass is 16.5. The zero-order valence-corrected chi connectivity index (χ0v) is 7.41. The third kappa shape index (κ3) is 1.37. The molecule has 3 heteroatoms. The summed E-state index contributed by atoms with van der Waals surface area (Å²) in [5.74, 6) is 1.06. The van der Waals surface area contributed by atoms with Crippen LogP contribution >= 0.6 is 0 Å². The highest BCUT2D eigenvalue weighted by Crippen LogP contribution is 2.28. The molecule has 1 aromatic rings. The molecule has 0 fully saturated rings. The van der Waals surface area contributed by atoms with Crippen molar-refractivity contribution in [3.05, 3.63) is 29.8 Å². The molecule has 2 rings (SSSR count). The molecule has 13 heavy (non-hydrogen) atoms. The summed E-state index contributed by atoms with van der Waals surface area (Å²) in [5.41, 5.74) is 1.15. The van der Waals surface area contributed by atoms with E-state index in [1.165, 1.54) is 7.11 Å². The predicted octanol–water partition coefficient (Wildman–Crippen LogP) is 1.61. The van der Waals surface area contributed by atoms with E-state index in [-0.39, 0.29) is 12.0 Å². The van der Waals surface area contributed by atoms with Crippen molar-refractivity contribution in [2.24, 2.45) is 0 Å². The van der Waals surface area contributed by atoms with Crippen molar-refractivity contribution in [3.8, 4) is 5.75 Å². The molecule has 1 aliphatic rings. The van der Waals surface area contributed by atoms with Crippen molar-refractivity contribution in [2.75, 3.05) is 7.11 Å². The van der Waals surface area contributed by atoms with Gasteiger partial charge >= 0.3 is 0 Å². The van der Waals surface area contributed by atoms with Gasteiger partial charge in [-0.25, -0.2) is 0 Å². The molecular weight excluding hydrogens is 166 g/mol. The zero-order chi connectivity index (χ0) is 9.26. The Morgan fingerprint density at radius 1 is 1.54 bits per heavy atom. The second-order valence-electron chi connectivity index (χ2n) is 2.99. The Balaban J connectivity index is 2.18. The maximum Gasteiger partial charge on any atom is 0.222 e. The van der Waals surface area contributed by atoms with Crippen LogP contribution in [0.1, 0.15) is 5.56 Å². The van der Waals surface area contributed by atoms with Gasteiger partial charge in [-0.3, -0.25) is 5.41 Å². The van der Waals surface area contributed by atoms with E-state index < -0.39 is 0 Å². The molecule has 0 saturated heterocycles. The highest BCUT2D eigenvalue weighted by Gasteiger charge is 2.26. The lowest BCUT2D eigenvalue weighted by Crippen LogP contribution is -2.25. The SMILES string of the molecule is COC(=N)C1Cc2ccccc2O1. The first-order valence-electron chi connectivity index (χ1n) is 4.18. The Morgan fingerprint density at radius 2 is 2.31 bits per heavy atom. The van der Waals surface area contributed by atoms with Crippen molar-refractivity contribution >= 4 is 5.90 Å². The minimum atomic E-state index is -0.234. The third-order valence-electron chi connectivity index (χ3n) is 2.16. The average Bonchev–Trinajstić information content (AvgIpc) is 2.59.